The molecule has 2 nitrogen and oxygen atoms in total. The van der Waals surface area contributed by atoms with Crippen LogP contribution < -0.4 is 5.32 Å². The second-order valence-corrected chi connectivity index (χ2v) is 4.86. The first-order chi connectivity index (χ1) is 9.70. The van der Waals surface area contributed by atoms with Crippen LogP contribution in [-0.4, -0.2) is 13.7 Å². The average Bonchev–Trinajstić information content (AvgIpc) is 2.47. The molecule has 2 aromatic rings. The molecule has 0 spiro atoms. The zero-order chi connectivity index (χ0) is 14.4. The molecule has 1 atom stereocenters. The highest BCUT2D eigenvalue weighted by Crippen LogP contribution is 2.15. The van der Waals surface area contributed by atoms with Gasteiger partial charge in [-0.25, -0.2) is 4.39 Å². The van der Waals surface area contributed by atoms with Gasteiger partial charge in [0.2, 0.25) is 0 Å². The van der Waals surface area contributed by atoms with E-state index in [-0.39, 0.29) is 18.5 Å². The number of likely N-dealkylation sites (N-methyl/N-ethyl adjacent to an activating group) is 1. The largest absolute Gasteiger partial charge is 0.375 e. The molecular formula is C17H20FNO. The first-order valence-corrected chi connectivity index (χ1v) is 6.75. The molecule has 0 bridgehead atoms. The maximum absolute atomic E-state index is 13.5. The Hall–Kier alpha value is -1.71. The van der Waals surface area contributed by atoms with Crippen molar-refractivity contribution in [1.82, 2.24) is 5.32 Å². The first-order valence-electron chi connectivity index (χ1n) is 6.75. The molecule has 106 valence electrons. The summed E-state index contributed by atoms with van der Waals surface area (Å²) in [7, 11) is 1.90. The Kier molecular flexibility index (Phi) is 5.27. The van der Waals surface area contributed by atoms with Gasteiger partial charge in [-0.05, 0) is 25.6 Å². The Morgan fingerprint density at radius 3 is 2.45 bits per heavy atom. The average molecular weight is 273 g/mol. The molecule has 0 saturated heterocycles. The van der Waals surface area contributed by atoms with Gasteiger partial charge < -0.3 is 10.1 Å². The molecule has 0 amide bonds. The Morgan fingerprint density at radius 1 is 1.10 bits per heavy atom. The number of aryl methyl sites for hydroxylation is 1. The minimum Gasteiger partial charge on any atom is -0.375 e. The molecule has 0 radical (unpaired) electrons. The smallest absolute Gasteiger partial charge is 0.128 e. The molecule has 0 aromatic heterocycles. The van der Waals surface area contributed by atoms with E-state index in [2.05, 4.69) is 36.5 Å². The van der Waals surface area contributed by atoms with Gasteiger partial charge in [0.1, 0.15) is 5.82 Å². The highest BCUT2D eigenvalue weighted by Gasteiger charge is 2.09. The van der Waals surface area contributed by atoms with E-state index in [1.807, 2.05) is 13.1 Å². The van der Waals surface area contributed by atoms with Crippen molar-refractivity contribution in [2.45, 2.75) is 19.6 Å². The lowest BCUT2D eigenvalue weighted by Crippen LogP contribution is -2.21. The van der Waals surface area contributed by atoms with Gasteiger partial charge in [-0.1, -0.05) is 48.0 Å². The summed E-state index contributed by atoms with van der Waals surface area (Å²) >= 11 is 0. The summed E-state index contributed by atoms with van der Waals surface area (Å²) in [6, 6.07) is 15.1. The number of benzene rings is 2. The molecule has 0 aliphatic rings. The SMILES string of the molecule is CNC(COCc1ccccc1F)c1ccc(C)cc1. The summed E-state index contributed by atoms with van der Waals surface area (Å²) in [4.78, 5) is 0. The number of nitrogens with one attached hydrogen (secondary N) is 1. The maximum atomic E-state index is 13.5. The van der Waals surface area contributed by atoms with Gasteiger partial charge in [0, 0.05) is 5.56 Å². The van der Waals surface area contributed by atoms with Crippen molar-refractivity contribution in [3.63, 3.8) is 0 Å². The van der Waals surface area contributed by atoms with Crippen LogP contribution in [0.3, 0.4) is 0 Å². The van der Waals surface area contributed by atoms with E-state index < -0.39 is 0 Å². The summed E-state index contributed by atoms with van der Waals surface area (Å²) < 4.78 is 19.1. The van der Waals surface area contributed by atoms with Crippen molar-refractivity contribution in [2.24, 2.45) is 0 Å². The minimum absolute atomic E-state index is 0.113. The van der Waals surface area contributed by atoms with Crippen LogP contribution in [0.4, 0.5) is 4.39 Å². The van der Waals surface area contributed by atoms with Crippen LogP contribution in [0.2, 0.25) is 0 Å². The van der Waals surface area contributed by atoms with Crippen molar-refractivity contribution in [3.8, 4) is 0 Å². The van der Waals surface area contributed by atoms with E-state index in [1.54, 1.807) is 12.1 Å². The molecule has 3 heteroatoms. The lowest BCUT2D eigenvalue weighted by Gasteiger charge is -2.17. The number of rotatable bonds is 6. The fourth-order valence-corrected chi connectivity index (χ4v) is 2.05. The van der Waals surface area contributed by atoms with E-state index in [1.165, 1.54) is 17.2 Å². The maximum Gasteiger partial charge on any atom is 0.128 e. The molecule has 0 saturated carbocycles. The summed E-state index contributed by atoms with van der Waals surface area (Å²) in [5.74, 6) is -0.219. The van der Waals surface area contributed by atoms with E-state index in [0.29, 0.717) is 12.2 Å². The van der Waals surface area contributed by atoms with Crippen molar-refractivity contribution in [3.05, 3.63) is 71.0 Å². The molecule has 1 N–H and O–H groups in total. The third kappa shape index (κ3) is 3.89. The molecule has 20 heavy (non-hydrogen) atoms. The summed E-state index contributed by atoms with van der Waals surface area (Å²) in [5, 5.41) is 3.22. The summed E-state index contributed by atoms with van der Waals surface area (Å²) in [6.07, 6.45) is 0. The minimum atomic E-state index is -0.219. The van der Waals surface area contributed by atoms with Crippen LogP contribution >= 0.6 is 0 Å². The third-order valence-electron chi connectivity index (χ3n) is 3.33. The van der Waals surface area contributed by atoms with E-state index >= 15 is 0 Å². The van der Waals surface area contributed by atoms with Crippen molar-refractivity contribution in [2.75, 3.05) is 13.7 Å². The molecule has 2 rings (SSSR count). The Bertz CT molecular complexity index is 539. The van der Waals surface area contributed by atoms with Gasteiger partial charge in [0.15, 0.2) is 0 Å². The van der Waals surface area contributed by atoms with E-state index in [9.17, 15) is 4.39 Å². The number of hydrogen-bond donors (Lipinski definition) is 1. The zero-order valence-corrected chi connectivity index (χ0v) is 11.9. The Labute approximate surface area is 119 Å². The van der Waals surface area contributed by atoms with Crippen LogP contribution in [0.15, 0.2) is 48.5 Å². The van der Waals surface area contributed by atoms with Crippen LogP contribution in [0.1, 0.15) is 22.7 Å². The summed E-state index contributed by atoms with van der Waals surface area (Å²) in [5.41, 5.74) is 2.99. The predicted molar refractivity (Wildman–Crippen MR) is 79.0 cm³/mol. The molecular weight excluding hydrogens is 253 g/mol. The van der Waals surface area contributed by atoms with Gasteiger partial charge in [0.05, 0.1) is 19.3 Å². The van der Waals surface area contributed by atoms with Gasteiger partial charge in [-0.15, -0.1) is 0 Å². The van der Waals surface area contributed by atoms with Crippen molar-refractivity contribution >= 4 is 0 Å². The Morgan fingerprint density at radius 2 is 1.80 bits per heavy atom. The normalized spacial score (nSPS) is 12.3. The van der Waals surface area contributed by atoms with Gasteiger partial charge in [0.25, 0.3) is 0 Å². The number of ether oxygens (including phenoxy) is 1. The molecule has 0 aliphatic heterocycles. The highest BCUT2D eigenvalue weighted by atomic mass is 19.1. The second-order valence-electron chi connectivity index (χ2n) is 4.86. The number of halogens is 1. The molecule has 1 unspecified atom stereocenters. The van der Waals surface area contributed by atoms with Crippen LogP contribution in [-0.2, 0) is 11.3 Å². The molecule has 2 aromatic carbocycles. The van der Waals surface area contributed by atoms with Gasteiger partial charge >= 0.3 is 0 Å². The van der Waals surface area contributed by atoms with Crippen molar-refractivity contribution in [1.29, 1.82) is 0 Å². The van der Waals surface area contributed by atoms with E-state index in [4.69, 9.17) is 4.74 Å². The fourth-order valence-electron chi connectivity index (χ4n) is 2.05. The lowest BCUT2D eigenvalue weighted by atomic mass is 10.1. The molecule has 0 heterocycles. The molecule has 0 fully saturated rings. The fraction of sp³-hybridized carbons (Fsp3) is 0.294. The first kappa shape index (κ1) is 14.7. The van der Waals surface area contributed by atoms with Crippen LogP contribution in [0, 0.1) is 12.7 Å². The quantitative estimate of drug-likeness (QED) is 0.868. The van der Waals surface area contributed by atoms with E-state index in [0.717, 1.165) is 0 Å². The number of hydrogen-bond acceptors (Lipinski definition) is 2. The van der Waals surface area contributed by atoms with Crippen LogP contribution in [0.25, 0.3) is 0 Å². The van der Waals surface area contributed by atoms with Crippen LogP contribution in [0.5, 0.6) is 0 Å². The van der Waals surface area contributed by atoms with Gasteiger partial charge in [-0.3, -0.25) is 0 Å². The third-order valence-corrected chi connectivity index (χ3v) is 3.33. The zero-order valence-electron chi connectivity index (χ0n) is 11.9. The standard InChI is InChI=1S/C17H20FNO/c1-13-7-9-14(10-8-13)17(19-2)12-20-11-15-5-3-4-6-16(15)18/h3-10,17,19H,11-12H2,1-2H3. The Balaban J connectivity index is 1.91. The monoisotopic (exact) mass is 273 g/mol. The topological polar surface area (TPSA) is 21.3 Å². The summed E-state index contributed by atoms with van der Waals surface area (Å²) in [6.45, 7) is 2.86. The lowest BCUT2D eigenvalue weighted by molar-refractivity contribution is 0.0985. The predicted octanol–water partition coefficient (Wildman–Crippen LogP) is 3.61. The molecule has 0 aliphatic carbocycles. The van der Waals surface area contributed by atoms with Crippen molar-refractivity contribution < 1.29 is 9.13 Å². The highest BCUT2D eigenvalue weighted by molar-refractivity contribution is 5.24. The van der Waals surface area contributed by atoms with Gasteiger partial charge in [-0.2, -0.15) is 0 Å². The second kappa shape index (κ2) is 7.17.